The van der Waals surface area contributed by atoms with Gasteiger partial charge in [-0.2, -0.15) is 0 Å². The molecule has 0 unspecified atom stereocenters. The summed E-state index contributed by atoms with van der Waals surface area (Å²) in [5.41, 5.74) is 0.830. The van der Waals surface area contributed by atoms with Gasteiger partial charge in [0.05, 0.1) is 0 Å². The van der Waals surface area contributed by atoms with E-state index >= 15 is 0 Å². The standard InChI is InChI=1S/C11H14BrF/c1-2-3-4-5-9-6-7-10(12)8-11(9)13/h6-8H,2-5H2,1H3. The summed E-state index contributed by atoms with van der Waals surface area (Å²) in [6.45, 7) is 2.15. The van der Waals surface area contributed by atoms with Crippen LogP contribution in [-0.4, -0.2) is 0 Å². The molecule has 0 atom stereocenters. The maximum atomic E-state index is 13.2. The maximum absolute atomic E-state index is 13.2. The monoisotopic (exact) mass is 244 g/mol. The lowest BCUT2D eigenvalue weighted by Crippen LogP contribution is -1.90. The Balaban J connectivity index is 2.56. The van der Waals surface area contributed by atoms with Crippen molar-refractivity contribution in [1.29, 1.82) is 0 Å². The van der Waals surface area contributed by atoms with Crippen LogP contribution in [0.25, 0.3) is 0 Å². The van der Waals surface area contributed by atoms with Crippen LogP contribution in [0.4, 0.5) is 4.39 Å². The zero-order chi connectivity index (χ0) is 9.68. The molecule has 0 radical (unpaired) electrons. The fourth-order valence-electron chi connectivity index (χ4n) is 1.29. The molecule has 0 aromatic heterocycles. The van der Waals surface area contributed by atoms with E-state index < -0.39 is 0 Å². The van der Waals surface area contributed by atoms with Crippen molar-refractivity contribution in [3.05, 3.63) is 34.1 Å². The van der Waals surface area contributed by atoms with Gasteiger partial charge < -0.3 is 0 Å². The summed E-state index contributed by atoms with van der Waals surface area (Å²) in [6.07, 6.45) is 4.29. The van der Waals surface area contributed by atoms with Crippen LogP contribution < -0.4 is 0 Å². The zero-order valence-corrected chi connectivity index (χ0v) is 9.40. The van der Waals surface area contributed by atoms with Gasteiger partial charge >= 0.3 is 0 Å². The van der Waals surface area contributed by atoms with Gasteiger partial charge in [0.15, 0.2) is 0 Å². The highest BCUT2D eigenvalue weighted by Crippen LogP contribution is 2.17. The van der Waals surface area contributed by atoms with E-state index in [1.165, 1.54) is 18.9 Å². The van der Waals surface area contributed by atoms with Crippen LogP contribution in [0.3, 0.4) is 0 Å². The molecule has 0 aliphatic rings. The average molecular weight is 245 g/mol. The van der Waals surface area contributed by atoms with Crippen LogP contribution in [0.1, 0.15) is 31.7 Å². The summed E-state index contributed by atoms with van der Waals surface area (Å²) in [4.78, 5) is 0. The molecule has 0 aliphatic carbocycles. The first-order chi connectivity index (χ1) is 6.24. The smallest absolute Gasteiger partial charge is 0.127 e. The average Bonchev–Trinajstić information content (AvgIpc) is 2.09. The second kappa shape index (κ2) is 5.38. The minimum absolute atomic E-state index is 0.0921. The molecule has 1 rings (SSSR count). The predicted molar refractivity (Wildman–Crippen MR) is 57.3 cm³/mol. The molecule has 0 N–H and O–H groups in total. The molecule has 0 amide bonds. The third-order valence-electron chi connectivity index (χ3n) is 2.06. The van der Waals surface area contributed by atoms with Gasteiger partial charge in [0.1, 0.15) is 5.82 Å². The number of unbranched alkanes of at least 4 members (excludes halogenated alkanes) is 2. The fraction of sp³-hybridized carbons (Fsp3) is 0.455. The predicted octanol–water partition coefficient (Wildman–Crippen LogP) is 4.32. The van der Waals surface area contributed by atoms with Crippen LogP contribution in [-0.2, 0) is 6.42 Å². The van der Waals surface area contributed by atoms with E-state index in [1.54, 1.807) is 0 Å². The summed E-state index contributed by atoms with van der Waals surface area (Å²) in [5.74, 6) is -0.0921. The van der Waals surface area contributed by atoms with Gasteiger partial charge in [-0.05, 0) is 30.5 Å². The normalized spacial score (nSPS) is 10.4. The van der Waals surface area contributed by atoms with Gasteiger partial charge in [0, 0.05) is 4.47 Å². The molecule has 0 saturated carbocycles. The number of rotatable bonds is 4. The molecule has 0 fully saturated rings. The van der Waals surface area contributed by atoms with E-state index in [0.717, 1.165) is 22.9 Å². The van der Waals surface area contributed by atoms with Crippen molar-refractivity contribution in [1.82, 2.24) is 0 Å². The van der Waals surface area contributed by atoms with Gasteiger partial charge in [-0.1, -0.05) is 41.8 Å². The van der Waals surface area contributed by atoms with Crippen LogP contribution in [0, 0.1) is 5.82 Å². The van der Waals surface area contributed by atoms with E-state index in [4.69, 9.17) is 0 Å². The summed E-state index contributed by atoms with van der Waals surface area (Å²) >= 11 is 3.24. The first-order valence-electron chi connectivity index (χ1n) is 4.68. The maximum Gasteiger partial charge on any atom is 0.127 e. The van der Waals surface area contributed by atoms with E-state index in [9.17, 15) is 4.39 Å². The van der Waals surface area contributed by atoms with Crippen LogP contribution in [0.5, 0.6) is 0 Å². The Hall–Kier alpha value is -0.370. The van der Waals surface area contributed by atoms with Gasteiger partial charge in [0.2, 0.25) is 0 Å². The second-order valence-corrected chi connectivity index (χ2v) is 4.11. The Bertz CT molecular complexity index is 271. The van der Waals surface area contributed by atoms with Crippen molar-refractivity contribution in [2.45, 2.75) is 32.6 Å². The summed E-state index contributed by atoms with van der Waals surface area (Å²) in [6, 6.07) is 5.28. The summed E-state index contributed by atoms with van der Waals surface area (Å²) in [5, 5.41) is 0. The van der Waals surface area contributed by atoms with Crippen molar-refractivity contribution < 1.29 is 4.39 Å². The lowest BCUT2D eigenvalue weighted by Gasteiger charge is -2.02. The molecular weight excluding hydrogens is 231 g/mol. The first-order valence-corrected chi connectivity index (χ1v) is 5.47. The molecule has 2 heteroatoms. The Kier molecular flexibility index (Phi) is 4.43. The Labute approximate surface area is 87.3 Å². The Morgan fingerprint density at radius 1 is 1.31 bits per heavy atom. The lowest BCUT2D eigenvalue weighted by atomic mass is 10.1. The van der Waals surface area contributed by atoms with Crippen LogP contribution in [0.2, 0.25) is 0 Å². The molecular formula is C11H14BrF. The minimum atomic E-state index is -0.0921. The number of hydrogen-bond acceptors (Lipinski definition) is 0. The van der Waals surface area contributed by atoms with Crippen molar-refractivity contribution in [2.75, 3.05) is 0 Å². The third kappa shape index (κ3) is 3.47. The number of hydrogen-bond donors (Lipinski definition) is 0. The largest absolute Gasteiger partial charge is 0.207 e. The number of halogens is 2. The lowest BCUT2D eigenvalue weighted by molar-refractivity contribution is 0.598. The van der Waals surface area contributed by atoms with Crippen molar-refractivity contribution in [3.8, 4) is 0 Å². The van der Waals surface area contributed by atoms with E-state index in [0.29, 0.717) is 0 Å². The molecule has 1 aromatic rings. The minimum Gasteiger partial charge on any atom is -0.207 e. The second-order valence-electron chi connectivity index (χ2n) is 3.19. The molecule has 0 saturated heterocycles. The highest BCUT2D eigenvalue weighted by molar-refractivity contribution is 9.10. The van der Waals surface area contributed by atoms with Crippen LogP contribution >= 0.6 is 15.9 Å². The van der Waals surface area contributed by atoms with Crippen LogP contribution in [0.15, 0.2) is 22.7 Å². The molecule has 0 nitrogen and oxygen atoms in total. The summed E-state index contributed by atoms with van der Waals surface area (Å²) in [7, 11) is 0. The first kappa shape index (κ1) is 10.7. The molecule has 0 bridgehead atoms. The number of aryl methyl sites for hydroxylation is 1. The van der Waals surface area contributed by atoms with Gasteiger partial charge in [-0.3, -0.25) is 0 Å². The number of benzene rings is 1. The van der Waals surface area contributed by atoms with Crippen molar-refractivity contribution in [2.24, 2.45) is 0 Å². The molecule has 13 heavy (non-hydrogen) atoms. The molecule has 72 valence electrons. The highest BCUT2D eigenvalue weighted by atomic mass is 79.9. The van der Waals surface area contributed by atoms with Crippen molar-refractivity contribution >= 4 is 15.9 Å². The quantitative estimate of drug-likeness (QED) is 0.693. The molecule has 0 heterocycles. The molecule has 1 aromatic carbocycles. The van der Waals surface area contributed by atoms with Crippen molar-refractivity contribution in [3.63, 3.8) is 0 Å². The Morgan fingerprint density at radius 2 is 2.08 bits per heavy atom. The van der Waals surface area contributed by atoms with Gasteiger partial charge in [0.25, 0.3) is 0 Å². The van der Waals surface area contributed by atoms with E-state index in [2.05, 4.69) is 22.9 Å². The fourth-order valence-corrected chi connectivity index (χ4v) is 1.62. The Morgan fingerprint density at radius 3 is 2.69 bits per heavy atom. The third-order valence-corrected chi connectivity index (χ3v) is 2.56. The molecule has 0 aliphatic heterocycles. The van der Waals surface area contributed by atoms with Gasteiger partial charge in [-0.25, -0.2) is 4.39 Å². The summed E-state index contributed by atoms with van der Waals surface area (Å²) < 4.78 is 14.1. The zero-order valence-electron chi connectivity index (χ0n) is 7.82. The van der Waals surface area contributed by atoms with E-state index in [1.807, 2.05) is 12.1 Å². The SMILES string of the molecule is CCCCCc1ccc(Br)cc1F. The van der Waals surface area contributed by atoms with Gasteiger partial charge in [-0.15, -0.1) is 0 Å². The highest BCUT2D eigenvalue weighted by Gasteiger charge is 2.01. The van der Waals surface area contributed by atoms with E-state index in [-0.39, 0.29) is 5.82 Å². The molecule has 0 spiro atoms. The topological polar surface area (TPSA) is 0 Å².